The molecule has 0 saturated carbocycles. The molecule has 3 unspecified atom stereocenters. The van der Waals surface area contributed by atoms with Crippen LogP contribution in [-0.2, 0) is 17.9 Å². The van der Waals surface area contributed by atoms with E-state index >= 15 is 0 Å². The van der Waals surface area contributed by atoms with Crippen LogP contribution in [0.25, 0.3) is 10.9 Å². The number of fused-ring (bicyclic) bond motifs is 3. The fourth-order valence-corrected chi connectivity index (χ4v) is 6.52. The second-order valence-electron chi connectivity index (χ2n) is 11.7. The number of para-hydroxylation sites is 2. The molecule has 2 aliphatic heterocycles. The van der Waals surface area contributed by atoms with Gasteiger partial charge in [-0.2, -0.15) is 0 Å². The van der Waals surface area contributed by atoms with Crippen LogP contribution in [0, 0.1) is 11.8 Å². The van der Waals surface area contributed by atoms with Gasteiger partial charge in [-0.05, 0) is 63.3 Å². The summed E-state index contributed by atoms with van der Waals surface area (Å²) in [5.74, 6) is 1.92. The molecule has 0 aliphatic carbocycles. The lowest BCUT2D eigenvalue weighted by molar-refractivity contribution is -0.133. The first kappa shape index (κ1) is 27.3. The first-order valence-corrected chi connectivity index (χ1v) is 14.4. The highest BCUT2D eigenvalue weighted by atomic mass is 16.5. The Labute approximate surface area is 232 Å². The van der Waals surface area contributed by atoms with Gasteiger partial charge in [0.2, 0.25) is 5.91 Å². The number of benzene rings is 2. The molecule has 1 N–H and O–H groups in total. The molecule has 0 radical (unpaired) electrons. The molecule has 5 rings (SSSR count). The maximum absolute atomic E-state index is 14.1. The molecule has 7 nitrogen and oxygen atoms in total. The van der Waals surface area contributed by atoms with Gasteiger partial charge in [0.15, 0.2) is 0 Å². The number of piperidine rings is 1. The Morgan fingerprint density at radius 2 is 1.79 bits per heavy atom. The van der Waals surface area contributed by atoms with Gasteiger partial charge in [-0.3, -0.25) is 9.59 Å². The van der Waals surface area contributed by atoms with Gasteiger partial charge in [0.05, 0.1) is 19.7 Å². The Kier molecular flexibility index (Phi) is 7.98. The van der Waals surface area contributed by atoms with Crippen LogP contribution < -0.4 is 10.1 Å². The molecule has 2 aromatic carbocycles. The Morgan fingerprint density at radius 1 is 1.08 bits per heavy atom. The van der Waals surface area contributed by atoms with Crippen molar-refractivity contribution in [3.05, 3.63) is 65.9 Å². The Bertz CT molecular complexity index is 1320. The predicted octanol–water partition coefficient (Wildman–Crippen LogP) is 4.94. The lowest BCUT2D eigenvalue weighted by atomic mass is 9.92. The van der Waals surface area contributed by atoms with Gasteiger partial charge in [0.25, 0.3) is 5.91 Å². The molecular weight excluding hydrogens is 488 g/mol. The number of carbonyl (C=O) groups is 2. The Balaban J connectivity index is 1.38. The summed E-state index contributed by atoms with van der Waals surface area (Å²) in [5, 5.41) is 4.20. The van der Waals surface area contributed by atoms with E-state index in [0.29, 0.717) is 43.8 Å². The minimum absolute atomic E-state index is 0.117. The smallest absolute Gasteiger partial charge is 0.271 e. The fourth-order valence-electron chi connectivity index (χ4n) is 6.52. The van der Waals surface area contributed by atoms with E-state index in [1.54, 1.807) is 4.90 Å². The first-order chi connectivity index (χ1) is 18.8. The van der Waals surface area contributed by atoms with Gasteiger partial charge in [-0.1, -0.05) is 50.2 Å². The van der Waals surface area contributed by atoms with E-state index < -0.39 is 5.54 Å². The van der Waals surface area contributed by atoms with E-state index in [1.165, 1.54) is 6.42 Å². The molecule has 208 valence electrons. The molecule has 3 aromatic rings. The SMILES string of the molecule is CCOc1ccccc1CN1C(=O)c2cc3ccccc3n2CC1(C)C(=O)NCCCN1CC(C)CC(C)C1. The third-order valence-electron chi connectivity index (χ3n) is 8.31. The van der Waals surface area contributed by atoms with Crippen molar-refractivity contribution in [3.63, 3.8) is 0 Å². The number of nitrogens with one attached hydrogen (secondary N) is 1. The van der Waals surface area contributed by atoms with Crippen molar-refractivity contribution in [1.29, 1.82) is 0 Å². The molecule has 39 heavy (non-hydrogen) atoms. The van der Waals surface area contributed by atoms with Crippen LogP contribution in [0.2, 0.25) is 0 Å². The number of carbonyl (C=O) groups excluding carboxylic acids is 2. The first-order valence-electron chi connectivity index (χ1n) is 14.4. The highest BCUT2D eigenvalue weighted by Crippen LogP contribution is 2.34. The summed E-state index contributed by atoms with van der Waals surface area (Å²) in [6, 6.07) is 17.7. The average Bonchev–Trinajstić information content (AvgIpc) is 3.28. The van der Waals surface area contributed by atoms with Crippen LogP contribution in [0.3, 0.4) is 0 Å². The molecule has 1 fully saturated rings. The molecule has 3 heterocycles. The van der Waals surface area contributed by atoms with Crippen molar-refractivity contribution in [2.24, 2.45) is 11.8 Å². The summed E-state index contributed by atoms with van der Waals surface area (Å²) in [6.45, 7) is 13.5. The number of hydrogen-bond acceptors (Lipinski definition) is 4. The van der Waals surface area contributed by atoms with E-state index in [2.05, 4.69) is 24.1 Å². The lowest BCUT2D eigenvalue weighted by Crippen LogP contribution is -2.63. The fraction of sp³-hybridized carbons (Fsp3) is 0.500. The quantitative estimate of drug-likeness (QED) is 0.398. The second-order valence-corrected chi connectivity index (χ2v) is 11.7. The molecular formula is C32H42N4O3. The number of nitrogens with zero attached hydrogens (tertiary/aromatic N) is 3. The number of aromatic nitrogens is 1. The van der Waals surface area contributed by atoms with Gasteiger partial charge in [0, 0.05) is 36.1 Å². The summed E-state index contributed by atoms with van der Waals surface area (Å²) in [7, 11) is 0. The van der Waals surface area contributed by atoms with Crippen molar-refractivity contribution >= 4 is 22.7 Å². The van der Waals surface area contributed by atoms with Crippen molar-refractivity contribution < 1.29 is 14.3 Å². The van der Waals surface area contributed by atoms with E-state index in [-0.39, 0.29) is 11.8 Å². The van der Waals surface area contributed by atoms with Gasteiger partial charge >= 0.3 is 0 Å². The maximum Gasteiger partial charge on any atom is 0.271 e. The van der Waals surface area contributed by atoms with Gasteiger partial charge < -0.3 is 24.4 Å². The van der Waals surface area contributed by atoms with Crippen molar-refractivity contribution in [2.75, 3.05) is 32.8 Å². The van der Waals surface area contributed by atoms with E-state index in [9.17, 15) is 9.59 Å². The summed E-state index contributed by atoms with van der Waals surface area (Å²) in [6.07, 6.45) is 2.18. The highest BCUT2D eigenvalue weighted by Gasteiger charge is 2.47. The van der Waals surface area contributed by atoms with E-state index in [4.69, 9.17) is 4.74 Å². The minimum atomic E-state index is -1.06. The molecule has 0 bridgehead atoms. The zero-order chi connectivity index (χ0) is 27.6. The summed E-state index contributed by atoms with van der Waals surface area (Å²) in [4.78, 5) is 32.3. The molecule has 2 aliphatic rings. The van der Waals surface area contributed by atoms with Gasteiger partial charge in [-0.25, -0.2) is 0 Å². The van der Waals surface area contributed by atoms with Crippen LogP contribution in [-0.4, -0.2) is 64.5 Å². The average molecular weight is 531 g/mol. The summed E-state index contributed by atoms with van der Waals surface area (Å²) < 4.78 is 7.88. The van der Waals surface area contributed by atoms with Crippen LogP contribution in [0.15, 0.2) is 54.6 Å². The van der Waals surface area contributed by atoms with Crippen LogP contribution >= 0.6 is 0 Å². The molecule has 3 atom stereocenters. The van der Waals surface area contributed by atoms with E-state index in [0.717, 1.165) is 48.3 Å². The maximum atomic E-state index is 14.1. The third kappa shape index (κ3) is 5.55. The number of rotatable bonds is 9. The Morgan fingerprint density at radius 3 is 2.56 bits per heavy atom. The van der Waals surface area contributed by atoms with Crippen LogP contribution in [0.4, 0.5) is 0 Å². The van der Waals surface area contributed by atoms with Gasteiger partial charge in [-0.15, -0.1) is 0 Å². The van der Waals surface area contributed by atoms with E-state index in [1.807, 2.05) is 73.0 Å². The minimum Gasteiger partial charge on any atom is -0.494 e. The largest absolute Gasteiger partial charge is 0.494 e. The van der Waals surface area contributed by atoms with Crippen molar-refractivity contribution in [2.45, 2.75) is 59.2 Å². The molecule has 1 aromatic heterocycles. The van der Waals surface area contributed by atoms with Crippen molar-refractivity contribution in [3.8, 4) is 5.75 Å². The van der Waals surface area contributed by atoms with Crippen LogP contribution in [0.1, 0.15) is 56.6 Å². The van der Waals surface area contributed by atoms with Gasteiger partial charge in [0.1, 0.15) is 17.0 Å². The zero-order valence-electron chi connectivity index (χ0n) is 23.8. The lowest BCUT2D eigenvalue weighted by Gasteiger charge is -2.44. The molecule has 1 saturated heterocycles. The topological polar surface area (TPSA) is 66.8 Å². The number of ether oxygens (including phenoxy) is 1. The normalized spacial score (nSPS) is 23.6. The molecule has 0 spiro atoms. The summed E-state index contributed by atoms with van der Waals surface area (Å²) >= 11 is 0. The highest BCUT2D eigenvalue weighted by molar-refractivity contribution is 6.03. The second kappa shape index (κ2) is 11.4. The third-order valence-corrected chi connectivity index (χ3v) is 8.31. The summed E-state index contributed by atoms with van der Waals surface area (Å²) in [5.41, 5.74) is 1.43. The number of hydrogen-bond donors (Lipinski definition) is 1. The number of likely N-dealkylation sites (tertiary alicyclic amines) is 1. The standard InChI is InChI=1S/C32H42N4O3/c1-5-39-29-14-9-7-12-26(29)21-36-30(37)28-18-25-11-6-8-13-27(25)35(28)22-32(36,4)31(38)33-15-10-16-34-19-23(2)17-24(3)20-34/h6-9,11-14,18,23-24H,5,10,15-17,19-22H2,1-4H3,(H,33,38). The van der Waals surface area contributed by atoms with Crippen LogP contribution in [0.5, 0.6) is 5.75 Å². The monoisotopic (exact) mass is 530 g/mol. The molecule has 2 amide bonds. The molecule has 7 heteroatoms. The van der Waals surface area contributed by atoms with Crippen molar-refractivity contribution in [1.82, 2.24) is 19.7 Å². The predicted molar refractivity (Wildman–Crippen MR) is 155 cm³/mol. The Hall–Kier alpha value is -3.32. The number of amides is 2. The zero-order valence-corrected chi connectivity index (χ0v) is 23.8.